The van der Waals surface area contributed by atoms with Crippen molar-refractivity contribution in [3.05, 3.63) is 53.1 Å². The Labute approximate surface area is 134 Å². The van der Waals surface area contributed by atoms with Crippen molar-refractivity contribution in [3.8, 4) is 11.3 Å². The lowest BCUT2D eigenvalue weighted by Gasteiger charge is -1.99. The van der Waals surface area contributed by atoms with Gasteiger partial charge < -0.3 is 0 Å². The summed E-state index contributed by atoms with van der Waals surface area (Å²) < 4.78 is 1.79. The molecule has 4 rings (SSSR count). The lowest BCUT2D eigenvalue weighted by atomic mass is 10.2. The van der Waals surface area contributed by atoms with Crippen molar-refractivity contribution in [2.75, 3.05) is 5.32 Å². The number of thiazole rings is 1. The molecule has 0 spiro atoms. The number of aromatic nitrogens is 5. The van der Waals surface area contributed by atoms with Crippen LogP contribution in [0, 0.1) is 0 Å². The lowest BCUT2D eigenvalue weighted by molar-refractivity contribution is 0.983. The van der Waals surface area contributed by atoms with Gasteiger partial charge in [-0.15, -0.1) is 16.4 Å². The van der Waals surface area contributed by atoms with Crippen LogP contribution < -0.4 is 5.32 Å². The first-order valence-electron chi connectivity index (χ1n) is 6.44. The van der Waals surface area contributed by atoms with Gasteiger partial charge in [0.05, 0.1) is 5.69 Å². The third kappa shape index (κ3) is 2.40. The van der Waals surface area contributed by atoms with Gasteiger partial charge in [-0.25, -0.2) is 14.5 Å². The largest absolute Gasteiger partial charge is 0.291 e. The number of benzene rings is 1. The molecule has 0 atom stereocenters. The molecule has 1 N–H and O–H groups in total. The van der Waals surface area contributed by atoms with Gasteiger partial charge in [-0.1, -0.05) is 23.7 Å². The number of hydrogen-bond donors (Lipinski definition) is 1. The van der Waals surface area contributed by atoms with Crippen molar-refractivity contribution >= 4 is 39.8 Å². The first kappa shape index (κ1) is 13.2. The predicted molar refractivity (Wildman–Crippen MR) is 86.6 cm³/mol. The van der Waals surface area contributed by atoms with E-state index in [0.29, 0.717) is 16.9 Å². The molecule has 0 saturated carbocycles. The van der Waals surface area contributed by atoms with Crippen molar-refractivity contribution in [2.45, 2.75) is 0 Å². The molecule has 0 aliphatic heterocycles. The summed E-state index contributed by atoms with van der Waals surface area (Å²) >= 11 is 7.45. The van der Waals surface area contributed by atoms with E-state index in [-0.39, 0.29) is 0 Å². The third-order valence-electron chi connectivity index (χ3n) is 3.01. The highest BCUT2D eigenvalue weighted by Crippen LogP contribution is 2.27. The molecule has 8 heteroatoms. The molecule has 0 amide bonds. The molecular weight excluding hydrogens is 320 g/mol. The zero-order valence-electron chi connectivity index (χ0n) is 11.1. The SMILES string of the molecule is Clc1ccc(-c2csc3nc(Nc4ncccn4)nn23)cc1. The van der Waals surface area contributed by atoms with Gasteiger partial charge in [-0.3, -0.25) is 5.32 Å². The van der Waals surface area contributed by atoms with Gasteiger partial charge in [-0.2, -0.15) is 4.98 Å². The van der Waals surface area contributed by atoms with Gasteiger partial charge in [0.15, 0.2) is 0 Å². The molecule has 108 valence electrons. The van der Waals surface area contributed by atoms with E-state index in [1.54, 1.807) is 23.0 Å². The van der Waals surface area contributed by atoms with Crippen LogP contribution in [0.2, 0.25) is 5.02 Å². The van der Waals surface area contributed by atoms with Crippen LogP contribution in [0.4, 0.5) is 11.9 Å². The van der Waals surface area contributed by atoms with Crippen LogP contribution in [0.3, 0.4) is 0 Å². The van der Waals surface area contributed by atoms with Crippen LogP contribution >= 0.6 is 22.9 Å². The first-order valence-corrected chi connectivity index (χ1v) is 7.69. The Morgan fingerprint density at radius 1 is 1.05 bits per heavy atom. The summed E-state index contributed by atoms with van der Waals surface area (Å²) in [4.78, 5) is 13.4. The van der Waals surface area contributed by atoms with E-state index in [9.17, 15) is 0 Å². The van der Waals surface area contributed by atoms with E-state index < -0.39 is 0 Å². The molecule has 22 heavy (non-hydrogen) atoms. The third-order valence-corrected chi connectivity index (χ3v) is 4.08. The number of nitrogens with zero attached hydrogens (tertiary/aromatic N) is 5. The monoisotopic (exact) mass is 328 g/mol. The van der Waals surface area contributed by atoms with Gasteiger partial charge in [0, 0.05) is 28.4 Å². The van der Waals surface area contributed by atoms with Crippen LogP contribution in [-0.2, 0) is 0 Å². The van der Waals surface area contributed by atoms with Gasteiger partial charge in [0.2, 0.25) is 10.9 Å². The Hall–Kier alpha value is -2.51. The van der Waals surface area contributed by atoms with E-state index in [2.05, 4.69) is 25.4 Å². The van der Waals surface area contributed by atoms with Crippen LogP contribution in [0.5, 0.6) is 0 Å². The van der Waals surface area contributed by atoms with E-state index in [1.807, 2.05) is 29.6 Å². The van der Waals surface area contributed by atoms with Crippen molar-refractivity contribution < 1.29 is 0 Å². The minimum Gasteiger partial charge on any atom is -0.291 e. The summed E-state index contributed by atoms with van der Waals surface area (Å²) in [6.07, 6.45) is 3.32. The summed E-state index contributed by atoms with van der Waals surface area (Å²) in [7, 11) is 0. The molecule has 6 nitrogen and oxygen atoms in total. The second-order valence-corrected chi connectivity index (χ2v) is 5.73. The molecule has 1 aromatic carbocycles. The van der Waals surface area contributed by atoms with E-state index in [1.165, 1.54) is 11.3 Å². The smallest absolute Gasteiger partial charge is 0.250 e. The molecule has 0 aliphatic carbocycles. The number of hydrogen-bond acceptors (Lipinski definition) is 6. The van der Waals surface area contributed by atoms with Gasteiger partial charge >= 0.3 is 0 Å². The van der Waals surface area contributed by atoms with Crippen molar-refractivity contribution in [2.24, 2.45) is 0 Å². The maximum absolute atomic E-state index is 5.93. The number of halogens is 1. The molecule has 4 aromatic rings. The van der Waals surface area contributed by atoms with Gasteiger partial charge in [0.1, 0.15) is 0 Å². The van der Waals surface area contributed by atoms with Crippen molar-refractivity contribution in [1.29, 1.82) is 0 Å². The minimum atomic E-state index is 0.466. The predicted octanol–water partition coefficient (Wildman–Crippen LogP) is 3.64. The molecule has 0 bridgehead atoms. The maximum atomic E-state index is 5.93. The second kappa shape index (κ2) is 5.36. The highest BCUT2D eigenvalue weighted by molar-refractivity contribution is 7.15. The second-order valence-electron chi connectivity index (χ2n) is 4.46. The van der Waals surface area contributed by atoms with E-state index >= 15 is 0 Å². The molecule has 3 aromatic heterocycles. The van der Waals surface area contributed by atoms with Gasteiger partial charge in [-0.05, 0) is 18.2 Å². The fraction of sp³-hybridized carbons (Fsp3) is 0. The fourth-order valence-corrected chi connectivity index (χ4v) is 2.97. The van der Waals surface area contributed by atoms with Crippen LogP contribution in [-0.4, -0.2) is 24.6 Å². The average molecular weight is 329 g/mol. The van der Waals surface area contributed by atoms with Crippen LogP contribution in [0.25, 0.3) is 16.2 Å². The average Bonchev–Trinajstić information content (AvgIpc) is 3.09. The summed E-state index contributed by atoms with van der Waals surface area (Å²) in [6.45, 7) is 0. The number of rotatable bonds is 3. The quantitative estimate of drug-likeness (QED) is 0.621. The molecule has 0 aliphatic rings. The fourth-order valence-electron chi connectivity index (χ4n) is 2.02. The molecular formula is C14H9ClN6S. The zero-order valence-corrected chi connectivity index (χ0v) is 12.7. The summed E-state index contributed by atoms with van der Waals surface area (Å²) in [5, 5.41) is 10.2. The Balaban J connectivity index is 1.71. The summed E-state index contributed by atoms with van der Waals surface area (Å²) in [6, 6.07) is 9.38. The molecule has 0 radical (unpaired) electrons. The molecule has 3 heterocycles. The highest BCUT2D eigenvalue weighted by Gasteiger charge is 2.12. The Bertz CT molecular complexity index is 916. The van der Waals surface area contributed by atoms with Crippen LogP contribution in [0.1, 0.15) is 0 Å². The first-order chi connectivity index (χ1) is 10.8. The van der Waals surface area contributed by atoms with Crippen LogP contribution in [0.15, 0.2) is 48.1 Å². The molecule has 0 fully saturated rings. The molecule has 0 saturated heterocycles. The summed E-state index contributed by atoms with van der Waals surface area (Å²) in [5.74, 6) is 0.932. The minimum absolute atomic E-state index is 0.466. The standard InChI is InChI=1S/C14H9ClN6S/c15-10-4-2-9(3-5-10)11-8-22-14-19-13(20-21(11)14)18-12-16-6-1-7-17-12/h1-8H,(H,16,17,18,20). The normalized spacial score (nSPS) is 11.0. The Kier molecular flexibility index (Phi) is 3.21. The topological polar surface area (TPSA) is 68.0 Å². The number of nitrogens with one attached hydrogen (secondary N) is 1. The zero-order chi connectivity index (χ0) is 14.9. The Morgan fingerprint density at radius 3 is 2.59 bits per heavy atom. The van der Waals surface area contributed by atoms with Gasteiger partial charge in [0.25, 0.3) is 5.95 Å². The highest BCUT2D eigenvalue weighted by atomic mass is 35.5. The van der Waals surface area contributed by atoms with E-state index in [4.69, 9.17) is 11.6 Å². The lowest BCUT2D eigenvalue weighted by Crippen LogP contribution is -1.98. The number of fused-ring (bicyclic) bond motifs is 1. The van der Waals surface area contributed by atoms with E-state index in [0.717, 1.165) is 16.2 Å². The summed E-state index contributed by atoms with van der Waals surface area (Å²) in [5.41, 5.74) is 1.99. The van der Waals surface area contributed by atoms with Crippen molar-refractivity contribution in [3.63, 3.8) is 0 Å². The maximum Gasteiger partial charge on any atom is 0.250 e. The number of anilines is 2. The Morgan fingerprint density at radius 2 is 1.82 bits per heavy atom. The van der Waals surface area contributed by atoms with Crippen molar-refractivity contribution in [1.82, 2.24) is 24.6 Å². The molecule has 0 unspecified atom stereocenters.